The fourth-order valence-corrected chi connectivity index (χ4v) is 2.13. The molecule has 0 radical (unpaired) electrons. The van der Waals surface area contributed by atoms with Gasteiger partial charge in [-0.2, -0.15) is 5.43 Å². The van der Waals surface area contributed by atoms with Crippen LogP contribution in [-0.4, -0.2) is 29.3 Å². The lowest BCUT2D eigenvalue weighted by atomic mass is 10.3. The highest BCUT2D eigenvalue weighted by molar-refractivity contribution is 7.99. The summed E-state index contributed by atoms with van der Waals surface area (Å²) in [5.41, 5.74) is 2.91. The van der Waals surface area contributed by atoms with Crippen LogP contribution in [0.15, 0.2) is 47.4 Å². The average molecular weight is 312 g/mol. The van der Waals surface area contributed by atoms with Gasteiger partial charge in [0.05, 0.1) is 5.97 Å². The standard InChI is InChI=1S/C10H16N2S.C4H4O4/c11-12-8-4-5-9-13-10-6-2-1-3-7-10;5-3(6)1-2-4(7)8/h1-3,6-7,12H,4-5,8-9,11H2;1-2H,(H,5,6)(H,7,8)/b;2-1-. The van der Waals surface area contributed by atoms with Crippen molar-refractivity contribution in [3.8, 4) is 0 Å². The van der Waals surface area contributed by atoms with E-state index in [0.29, 0.717) is 12.2 Å². The minimum absolute atomic E-state index is 0.447. The van der Waals surface area contributed by atoms with Crippen molar-refractivity contribution < 1.29 is 25.6 Å². The zero-order valence-electron chi connectivity index (χ0n) is 11.7. The average Bonchev–Trinajstić information content (AvgIpc) is 2.47. The summed E-state index contributed by atoms with van der Waals surface area (Å²) < 4.78 is 0. The Bertz CT molecular complexity index is 422. The molecule has 7 heteroatoms. The van der Waals surface area contributed by atoms with Gasteiger partial charge in [-0.1, -0.05) is 18.2 Å². The maximum Gasteiger partial charge on any atom is 0.328 e. The summed E-state index contributed by atoms with van der Waals surface area (Å²) in [5.74, 6) is 1.98. The first kappa shape index (κ1) is 19.2. The van der Waals surface area contributed by atoms with Gasteiger partial charge >= 0.3 is 5.97 Å². The Morgan fingerprint density at radius 3 is 2.38 bits per heavy atom. The second kappa shape index (κ2) is 13.2. The van der Waals surface area contributed by atoms with Crippen LogP contribution >= 0.6 is 11.8 Å². The zero-order valence-corrected chi connectivity index (χ0v) is 12.5. The molecule has 1 aromatic rings. The normalized spacial score (nSPS) is 9.95. The van der Waals surface area contributed by atoms with Crippen LogP contribution < -0.4 is 16.4 Å². The minimum Gasteiger partial charge on any atom is -0.545 e. The zero-order chi connectivity index (χ0) is 15.9. The lowest BCUT2D eigenvalue weighted by molar-refractivity contribution is -0.442. The van der Waals surface area contributed by atoms with Crippen LogP contribution in [0.2, 0.25) is 0 Å². The van der Waals surface area contributed by atoms with Gasteiger partial charge in [0, 0.05) is 17.5 Å². The van der Waals surface area contributed by atoms with E-state index in [1.807, 2.05) is 11.8 Å². The molecule has 0 heterocycles. The third-order valence-corrected chi connectivity index (χ3v) is 3.22. The molecule has 21 heavy (non-hydrogen) atoms. The van der Waals surface area contributed by atoms with E-state index in [0.717, 1.165) is 6.54 Å². The van der Waals surface area contributed by atoms with E-state index in [1.54, 1.807) is 0 Å². The van der Waals surface area contributed by atoms with Gasteiger partial charge in [0.25, 0.3) is 0 Å². The smallest absolute Gasteiger partial charge is 0.328 e. The third kappa shape index (κ3) is 14.4. The Balaban J connectivity index is 0.000000433. The minimum atomic E-state index is -1.51. The number of benzene rings is 1. The summed E-state index contributed by atoms with van der Waals surface area (Å²) in [6.45, 7) is 1.02. The van der Waals surface area contributed by atoms with Crippen LogP contribution in [0.4, 0.5) is 0 Å². The summed E-state index contributed by atoms with van der Waals surface area (Å²) in [6, 6.07) is 10.5. The van der Waals surface area contributed by atoms with Crippen LogP contribution in [-0.2, 0) is 9.59 Å². The first-order valence-corrected chi connectivity index (χ1v) is 7.34. The van der Waals surface area contributed by atoms with E-state index in [4.69, 9.17) is 5.11 Å². The second-order valence-electron chi connectivity index (χ2n) is 3.86. The molecule has 0 aromatic heterocycles. The van der Waals surface area contributed by atoms with Crippen molar-refractivity contribution >= 4 is 23.7 Å². The molecule has 0 fully saturated rings. The largest absolute Gasteiger partial charge is 0.545 e. The maximum atomic E-state index is 9.53. The van der Waals surface area contributed by atoms with E-state index in [9.17, 15) is 14.7 Å². The van der Waals surface area contributed by atoms with Crippen molar-refractivity contribution in [2.24, 2.45) is 0 Å². The first-order valence-electron chi connectivity index (χ1n) is 6.36. The van der Waals surface area contributed by atoms with Gasteiger partial charge in [-0.15, -0.1) is 11.8 Å². The molecular formula is C14H20N2O4S. The van der Waals surface area contributed by atoms with Crippen LogP contribution in [0.1, 0.15) is 12.8 Å². The van der Waals surface area contributed by atoms with Gasteiger partial charge in [0.1, 0.15) is 0 Å². The topological polar surface area (TPSA) is 117 Å². The summed E-state index contributed by atoms with van der Waals surface area (Å²) in [4.78, 5) is 20.3. The van der Waals surface area contributed by atoms with E-state index in [2.05, 4.69) is 41.6 Å². The van der Waals surface area contributed by atoms with Gasteiger partial charge < -0.3 is 15.0 Å². The number of quaternary nitrogens is 1. The van der Waals surface area contributed by atoms with E-state index in [1.165, 1.54) is 23.5 Å². The Labute approximate surface area is 128 Å². The van der Waals surface area contributed by atoms with Gasteiger partial charge in [-0.3, -0.25) is 5.84 Å². The SMILES string of the molecule is O=C([O-])/C=C\C(=O)O.[NH3+]NCCCCSc1ccccc1. The fraction of sp³-hybridized carbons (Fsp3) is 0.286. The Morgan fingerprint density at radius 1 is 1.24 bits per heavy atom. The van der Waals surface area contributed by atoms with E-state index in [-0.39, 0.29) is 0 Å². The van der Waals surface area contributed by atoms with Crippen molar-refractivity contribution in [1.82, 2.24) is 5.43 Å². The van der Waals surface area contributed by atoms with E-state index < -0.39 is 11.9 Å². The Morgan fingerprint density at radius 2 is 1.90 bits per heavy atom. The summed E-state index contributed by atoms with van der Waals surface area (Å²) in [6.07, 6.45) is 3.41. The number of hydrogen-bond donors (Lipinski definition) is 3. The highest BCUT2D eigenvalue weighted by atomic mass is 32.2. The van der Waals surface area contributed by atoms with Gasteiger partial charge in [0.15, 0.2) is 0 Å². The number of aliphatic carboxylic acids is 2. The number of carbonyl (C=O) groups excluding carboxylic acids is 1. The van der Waals surface area contributed by atoms with Crippen LogP contribution in [0.25, 0.3) is 0 Å². The maximum absolute atomic E-state index is 9.53. The molecule has 1 rings (SSSR count). The van der Waals surface area contributed by atoms with Crippen molar-refractivity contribution in [3.05, 3.63) is 42.5 Å². The molecule has 1 aromatic carbocycles. The molecule has 0 amide bonds. The number of thioether (sulfide) groups is 1. The monoisotopic (exact) mass is 312 g/mol. The van der Waals surface area contributed by atoms with Gasteiger partial charge in [-0.05, 0) is 36.8 Å². The molecule has 0 saturated heterocycles. The van der Waals surface area contributed by atoms with Crippen molar-refractivity contribution in [1.29, 1.82) is 0 Å². The Hall–Kier alpha value is -1.83. The summed E-state index contributed by atoms with van der Waals surface area (Å²) >= 11 is 1.92. The number of carboxylic acids is 2. The highest BCUT2D eigenvalue weighted by Crippen LogP contribution is 2.17. The lowest BCUT2D eigenvalue weighted by Gasteiger charge is -2.00. The van der Waals surface area contributed by atoms with Crippen LogP contribution in [0.3, 0.4) is 0 Å². The number of hydrogen-bond acceptors (Lipinski definition) is 5. The number of rotatable bonds is 8. The van der Waals surface area contributed by atoms with Gasteiger partial charge in [0.2, 0.25) is 0 Å². The molecule has 6 nitrogen and oxygen atoms in total. The molecule has 0 aliphatic carbocycles. The van der Waals surface area contributed by atoms with Crippen LogP contribution in [0, 0.1) is 0 Å². The number of unbranched alkanes of at least 4 members (excludes halogenated alkanes) is 1. The van der Waals surface area contributed by atoms with Crippen molar-refractivity contribution in [2.45, 2.75) is 17.7 Å². The predicted octanol–water partition coefficient (Wildman–Crippen LogP) is -0.317. The molecule has 116 valence electrons. The molecule has 0 bridgehead atoms. The highest BCUT2D eigenvalue weighted by Gasteiger charge is 1.92. The number of carboxylic acid groups (broad SMARTS) is 2. The Kier molecular flexibility index (Phi) is 12.0. The van der Waals surface area contributed by atoms with Crippen molar-refractivity contribution in [2.75, 3.05) is 12.3 Å². The van der Waals surface area contributed by atoms with E-state index >= 15 is 0 Å². The molecule has 0 aliphatic heterocycles. The number of carbonyl (C=O) groups is 2. The molecule has 0 spiro atoms. The molecule has 5 N–H and O–H groups in total. The predicted molar refractivity (Wildman–Crippen MR) is 79.1 cm³/mol. The molecule has 0 saturated carbocycles. The fourth-order valence-electron chi connectivity index (χ4n) is 1.20. The van der Waals surface area contributed by atoms with Crippen LogP contribution in [0.5, 0.6) is 0 Å². The summed E-state index contributed by atoms with van der Waals surface area (Å²) in [5, 5.41) is 17.2. The quantitative estimate of drug-likeness (QED) is 0.262. The molecule has 0 unspecified atom stereocenters. The first-order chi connectivity index (χ1) is 10.1. The molecule has 0 aliphatic rings. The molecule has 0 atom stereocenters. The lowest BCUT2D eigenvalue weighted by Crippen LogP contribution is -2.64. The number of nitrogens with one attached hydrogen (secondary N) is 1. The van der Waals surface area contributed by atoms with Gasteiger partial charge in [-0.25, -0.2) is 4.79 Å². The third-order valence-electron chi connectivity index (χ3n) is 2.12. The molecular weight excluding hydrogens is 292 g/mol. The second-order valence-corrected chi connectivity index (χ2v) is 5.03. The summed E-state index contributed by atoms with van der Waals surface area (Å²) in [7, 11) is 0. The van der Waals surface area contributed by atoms with Crippen molar-refractivity contribution in [3.63, 3.8) is 0 Å².